The van der Waals surface area contributed by atoms with E-state index in [0.717, 1.165) is 37.9 Å². The molecule has 27 heavy (non-hydrogen) atoms. The van der Waals surface area contributed by atoms with Crippen molar-refractivity contribution in [3.05, 3.63) is 53.6 Å². The molecule has 2 N–H and O–H groups in total. The molecule has 2 aliphatic rings. The highest BCUT2D eigenvalue weighted by atomic mass is 35.5. The number of nitrogens with zero attached hydrogens (tertiary/aromatic N) is 4. The minimum atomic E-state index is -0.738. The molecule has 1 aromatic heterocycles. The van der Waals surface area contributed by atoms with E-state index in [1.54, 1.807) is 12.4 Å². The quantitative estimate of drug-likeness (QED) is 0.789. The summed E-state index contributed by atoms with van der Waals surface area (Å²) in [6, 6.07) is 10.8. The summed E-state index contributed by atoms with van der Waals surface area (Å²) in [5, 5.41) is 14.3. The van der Waals surface area contributed by atoms with Crippen LogP contribution in [0.2, 0.25) is 5.28 Å². The van der Waals surface area contributed by atoms with Crippen LogP contribution >= 0.6 is 11.6 Å². The van der Waals surface area contributed by atoms with Crippen molar-refractivity contribution >= 4 is 17.3 Å². The summed E-state index contributed by atoms with van der Waals surface area (Å²) in [5.41, 5.74) is 2.08. The second-order valence-electron chi connectivity index (χ2n) is 7.93. The third-order valence-corrected chi connectivity index (χ3v) is 6.54. The summed E-state index contributed by atoms with van der Waals surface area (Å²) in [6.45, 7) is 0.734. The Kier molecular flexibility index (Phi) is 4.84. The zero-order chi connectivity index (χ0) is 19.1. The average Bonchev–Trinajstić information content (AvgIpc) is 3.00. The van der Waals surface area contributed by atoms with Crippen LogP contribution in [-0.2, 0) is 5.54 Å². The Labute approximate surface area is 165 Å². The van der Waals surface area contributed by atoms with E-state index in [1.807, 2.05) is 4.90 Å². The van der Waals surface area contributed by atoms with Crippen molar-refractivity contribution in [2.24, 2.45) is 0 Å². The molecule has 2 aromatic rings. The van der Waals surface area contributed by atoms with Crippen LogP contribution in [0.3, 0.4) is 0 Å². The van der Waals surface area contributed by atoms with Gasteiger partial charge in [-0.1, -0.05) is 30.3 Å². The lowest BCUT2D eigenvalue weighted by Gasteiger charge is -2.49. The molecule has 6 nitrogen and oxygen atoms in total. The average molecular weight is 388 g/mol. The maximum absolute atomic E-state index is 10.6. The van der Waals surface area contributed by atoms with E-state index in [-0.39, 0.29) is 16.4 Å². The van der Waals surface area contributed by atoms with Gasteiger partial charge in [0, 0.05) is 17.6 Å². The molecule has 1 atom stereocenters. The van der Waals surface area contributed by atoms with Gasteiger partial charge >= 0.3 is 0 Å². The molecule has 1 aliphatic carbocycles. The van der Waals surface area contributed by atoms with Gasteiger partial charge in [-0.05, 0) is 56.9 Å². The molecule has 2 fully saturated rings. The lowest BCUT2D eigenvalue weighted by Crippen LogP contribution is -2.54. The Morgan fingerprint density at radius 2 is 1.74 bits per heavy atom. The minimum Gasteiger partial charge on any atom is -0.361 e. The van der Waals surface area contributed by atoms with Gasteiger partial charge in [0.25, 0.3) is 0 Å². The lowest BCUT2D eigenvalue weighted by atomic mass is 9.69. The summed E-state index contributed by atoms with van der Waals surface area (Å²) in [7, 11) is 4.33. The molecular formula is C20H26ClN5O. The fourth-order valence-corrected chi connectivity index (χ4v) is 4.78. The number of nitrogens with one attached hydrogen (secondary N) is 1. The molecule has 1 unspecified atom stereocenters. The summed E-state index contributed by atoms with van der Waals surface area (Å²) < 4.78 is 0. The second-order valence-corrected chi connectivity index (χ2v) is 8.27. The van der Waals surface area contributed by atoms with E-state index in [2.05, 4.69) is 64.6 Å². The van der Waals surface area contributed by atoms with Gasteiger partial charge in [-0.2, -0.15) is 0 Å². The number of hydrogen-bond donors (Lipinski definition) is 2. The zero-order valence-electron chi connectivity index (χ0n) is 15.8. The molecule has 1 spiro atoms. The number of hydrogen-bond acceptors (Lipinski definition) is 6. The third-order valence-electron chi connectivity index (χ3n) is 6.34. The Hall–Kier alpha value is -1.73. The first-order chi connectivity index (χ1) is 12.9. The van der Waals surface area contributed by atoms with Gasteiger partial charge in [0.2, 0.25) is 5.28 Å². The van der Waals surface area contributed by atoms with Crippen LogP contribution in [0.1, 0.15) is 31.2 Å². The Bertz CT molecular complexity index is 775. The first kappa shape index (κ1) is 18.6. The topological polar surface area (TPSA) is 64.5 Å². The van der Waals surface area contributed by atoms with Gasteiger partial charge < -0.3 is 10.0 Å². The second kappa shape index (κ2) is 7.02. The molecular weight excluding hydrogens is 362 g/mol. The Morgan fingerprint density at radius 1 is 1.11 bits per heavy atom. The summed E-state index contributed by atoms with van der Waals surface area (Å²) in [5.74, 6) is 0. The van der Waals surface area contributed by atoms with Gasteiger partial charge in [0.15, 0.2) is 6.35 Å². The predicted molar refractivity (Wildman–Crippen MR) is 107 cm³/mol. The zero-order valence-corrected chi connectivity index (χ0v) is 16.5. The molecule has 2 heterocycles. The molecule has 1 saturated heterocycles. The van der Waals surface area contributed by atoms with Crippen LogP contribution < -0.4 is 10.2 Å². The molecule has 0 bridgehead atoms. The number of anilines is 1. The van der Waals surface area contributed by atoms with Crippen molar-refractivity contribution in [2.45, 2.75) is 43.1 Å². The van der Waals surface area contributed by atoms with Gasteiger partial charge in [0.05, 0.1) is 18.1 Å². The number of halogens is 1. The van der Waals surface area contributed by atoms with Crippen molar-refractivity contribution < 1.29 is 5.11 Å². The van der Waals surface area contributed by atoms with Crippen LogP contribution in [-0.4, -0.2) is 52.5 Å². The molecule has 144 valence electrons. The summed E-state index contributed by atoms with van der Waals surface area (Å²) in [4.78, 5) is 12.4. The molecule has 4 rings (SSSR count). The van der Waals surface area contributed by atoms with Crippen LogP contribution in [0.4, 0.5) is 5.69 Å². The van der Waals surface area contributed by atoms with E-state index >= 15 is 0 Å². The van der Waals surface area contributed by atoms with Crippen LogP contribution in [0.15, 0.2) is 42.7 Å². The van der Waals surface area contributed by atoms with Crippen molar-refractivity contribution in [2.75, 3.05) is 25.5 Å². The maximum atomic E-state index is 10.6. The van der Waals surface area contributed by atoms with Crippen LogP contribution in [0.5, 0.6) is 0 Å². The highest BCUT2D eigenvalue weighted by molar-refractivity contribution is 6.28. The van der Waals surface area contributed by atoms with Crippen molar-refractivity contribution in [1.82, 2.24) is 20.2 Å². The van der Waals surface area contributed by atoms with Gasteiger partial charge in [0.1, 0.15) is 0 Å². The van der Waals surface area contributed by atoms with Crippen molar-refractivity contribution in [3.8, 4) is 0 Å². The van der Waals surface area contributed by atoms with Gasteiger partial charge in [-0.25, -0.2) is 9.97 Å². The number of aromatic nitrogens is 2. The van der Waals surface area contributed by atoms with E-state index in [1.165, 1.54) is 5.56 Å². The molecule has 0 amide bonds. The van der Waals surface area contributed by atoms with Crippen LogP contribution in [0, 0.1) is 0 Å². The van der Waals surface area contributed by atoms with E-state index in [0.29, 0.717) is 0 Å². The van der Waals surface area contributed by atoms with Crippen molar-refractivity contribution in [3.63, 3.8) is 0 Å². The standard InChI is InChI=1S/C20H26ClN5O/c1-25(2)20(15-6-4-3-5-7-15)10-8-19(9-11-20)14-26(18(27)24-19)16-12-22-17(21)23-13-16/h3-7,12-13,18,24,27H,8-11,14H2,1-2H3. The molecule has 0 radical (unpaired) electrons. The number of benzene rings is 1. The largest absolute Gasteiger partial charge is 0.361 e. The highest BCUT2D eigenvalue weighted by Crippen LogP contribution is 2.46. The van der Waals surface area contributed by atoms with E-state index in [9.17, 15) is 5.11 Å². The predicted octanol–water partition coefficient (Wildman–Crippen LogP) is 2.59. The normalized spacial score (nSPS) is 31.0. The number of aliphatic hydroxyl groups is 1. The highest BCUT2D eigenvalue weighted by Gasteiger charge is 2.50. The summed E-state index contributed by atoms with van der Waals surface area (Å²) >= 11 is 5.79. The van der Waals surface area contributed by atoms with E-state index in [4.69, 9.17) is 11.6 Å². The first-order valence-electron chi connectivity index (χ1n) is 9.37. The maximum Gasteiger partial charge on any atom is 0.222 e. The summed E-state index contributed by atoms with van der Waals surface area (Å²) in [6.07, 6.45) is 6.64. The lowest BCUT2D eigenvalue weighted by molar-refractivity contribution is 0.0513. The molecule has 1 saturated carbocycles. The first-order valence-corrected chi connectivity index (χ1v) is 9.75. The van der Waals surface area contributed by atoms with Crippen molar-refractivity contribution in [1.29, 1.82) is 0 Å². The molecule has 7 heteroatoms. The van der Waals surface area contributed by atoms with Gasteiger partial charge in [-0.15, -0.1) is 0 Å². The fraction of sp³-hybridized carbons (Fsp3) is 0.500. The number of aliphatic hydroxyl groups excluding tert-OH is 1. The monoisotopic (exact) mass is 387 g/mol. The SMILES string of the molecule is CN(C)C1(c2ccccc2)CCC2(CC1)CN(c1cnc(Cl)nc1)C(O)N2. The Morgan fingerprint density at radius 3 is 2.33 bits per heavy atom. The van der Waals surface area contributed by atoms with E-state index < -0.39 is 6.35 Å². The fourth-order valence-electron chi connectivity index (χ4n) is 4.68. The molecule has 1 aliphatic heterocycles. The minimum absolute atomic E-state index is 0.0376. The molecule has 1 aromatic carbocycles. The number of rotatable bonds is 3. The van der Waals surface area contributed by atoms with Crippen LogP contribution in [0.25, 0.3) is 0 Å². The van der Waals surface area contributed by atoms with Gasteiger partial charge in [-0.3, -0.25) is 10.2 Å². The Balaban J connectivity index is 1.53. The third kappa shape index (κ3) is 3.31. The smallest absolute Gasteiger partial charge is 0.222 e.